The van der Waals surface area contributed by atoms with Crippen molar-refractivity contribution in [3.05, 3.63) is 47.8 Å². The number of nitrogens with zero attached hydrogens (tertiary/aromatic N) is 5. The van der Waals surface area contributed by atoms with Gasteiger partial charge < -0.3 is 4.90 Å². The number of para-hydroxylation sites is 1. The van der Waals surface area contributed by atoms with E-state index < -0.39 is 9.84 Å². The van der Waals surface area contributed by atoms with Gasteiger partial charge in [-0.05, 0) is 38.5 Å². The lowest BCUT2D eigenvalue weighted by Gasteiger charge is -2.28. The van der Waals surface area contributed by atoms with Gasteiger partial charge in [0.15, 0.2) is 15.0 Å². The van der Waals surface area contributed by atoms with Gasteiger partial charge in [-0.1, -0.05) is 30.0 Å². The highest BCUT2D eigenvalue weighted by Gasteiger charge is 2.35. The number of amides is 1. The first-order chi connectivity index (χ1) is 13.8. The summed E-state index contributed by atoms with van der Waals surface area (Å²) < 4.78 is 25.8. The molecule has 2 aromatic heterocycles. The van der Waals surface area contributed by atoms with Gasteiger partial charge in [-0.15, -0.1) is 10.2 Å². The zero-order chi connectivity index (χ0) is 20.6. The highest BCUT2D eigenvalue weighted by atomic mass is 32.2. The maximum absolute atomic E-state index is 13.1. The molecule has 29 heavy (non-hydrogen) atoms. The van der Waals surface area contributed by atoms with E-state index in [9.17, 15) is 13.2 Å². The first-order valence-electron chi connectivity index (χ1n) is 9.24. The molecular formula is C19H21N5O3S2. The normalized spacial score (nSPS) is 18.2. The Bertz CT molecular complexity index is 1160. The van der Waals surface area contributed by atoms with Crippen molar-refractivity contribution in [3.8, 4) is 0 Å². The van der Waals surface area contributed by atoms with Gasteiger partial charge >= 0.3 is 0 Å². The molecule has 1 unspecified atom stereocenters. The van der Waals surface area contributed by atoms with Crippen LogP contribution in [0.1, 0.15) is 17.8 Å². The van der Waals surface area contributed by atoms with Crippen LogP contribution in [0.15, 0.2) is 41.6 Å². The van der Waals surface area contributed by atoms with Crippen LogP contribution in [0.5, 0.6) is 0 Å². The SMILES string of the molecule is Cc1cc(C)n2c(SCC(=O)N(c3ccccc3)C3CCS(=O)(=O)C3)nnc2n1. The smallest absolute Gasteiger partial charge is 0.256 e. The molecule has 1 amide bonds. The first-order valence-corrected chi connectivity index (χ1v) is 12.0. The number of fused-ring (bicyclic) bond motifs is 1. The van der Waals surface area contributed by atoms with Crippen LogP contribution in [-0.4, -0.2) is 57.2 Å². The highest BCUT2D eigenvalue weighted by molar-refractivity contribution is 7.99. The number of thioether (sulfide) groups is 1. The molecular weight excluding hydrogens is 410 g/mol. The number of rotatable bonds is 5. The van der Waals surface area contributed by atoms with Crippen LogP contribution in [0.2, 0.25) is 0 Å². The molecule has 0 radical (unpaired) electrons. The lowest BCUT2D eigenvalue weighted by molar-refractivity contribution is -0.116. The number of hydrogen-bond acceptors (Lipinski definition) is 7. The van der Waals surface area contributed by atoms with Gasteiger partial charge in [0.05, 0.1) is 23.3 Å². The van der Waals surface area contributed by atoms with E-state index in [0.29, 0.717) is 23.0 Å². The van der Waals surface area contributed by atoms with E-state index in [1.807, 2.05) is 54.6 Å². The maximum Gasteiger partial charge on any atom is 0.256 e. The predicted octanol–water partition coefficient (Wildman–Crippen LogP) is 2.05. The van der Waals surface area contributed by atoms with Crippen molar-refractivity contribution in [3.63, 3.8) is 0 Å². The molecule has 0 bridgehead atoms. The Balaban J connectivity index is 1.58. The second-order valence-corrected chi connectivity index (χ2v) is 10.3. The van der Waals surface area contributed by atoms with Crippen molar-refractivity contribution in [2.45, 2.75) is 31.5 Å². The molecule has 0 spiro atoms. The molecule has 10 heteroatoms. The van der Waals surface area contributed by atoms with Crippen molar-refractivity contribution in [1.82, 2.24) is 19.6 Å². The minimum atomic E-state index is -3.11. The topological polar surface area (TPSA) is 97.5 Å². The van der Waals surface area contributed by atoms with Crippen molar-refractivity contribution < 1.29 is 13.2 Å². The van der Waals surface area contributed by atoms with Crippen molar-refractivity contribution >= 4 is 39.0 Å². The molecule has 152 valence electrons. The number of benzene rings is 1. The Morgan fingerprint density at radius 1 is 1.24 bits per heavy atom. The van der Waals surface area contributed by atoms with E-state index in [4.69, 9.17) is 0 Å². The van der Waals surface area contributed by atoms with Crippen LogP contribution in [0.3, 0.4) is 0 Å². The van der Waals surface area contributed by atoms with E-state index >= 15 is 0 Å². The molecule has 3 aromatic rings. The Labute approximate surface area is 173 Å². The number of aromatic nitrogens is 4. The first kappa shape index (κ1) is 19.8. The van der Waals surface area contributed by atoms with Crippen molar-refractivity contribution in [2.75, 3.05) is 22.2 Å². The molecule has 0 saturated carbocycles. The van der Waals surface area contributed by atoms with Gasteiger partial charge in [0.2, 0.25) is 5.91 Å². The molecule has 0 N–H and O–H groups in total. The van der Waals surface area contributed by atoms with E-state index in [-0.39, 0.29) is 29.2 Å². The Morgan fingerprint density at radius 3 is 2.69 bits per heavy atom. The van der Waals surface area contributed by atoms with Gasteiger partial charge in [0.1, 0.15) is 0 Å². The summed E-state index contributed by atoms with van der Waals surface area (Å²) in [5, 5.41) is 8.85. The van der Waals surface area contributed by atoms with Gasteiger partial charge in [-0.2, -0.15) is 0 Å². The second-order valence-electron chi connectivity index (χ2n) is 7.10. The number of anilines is 1. The largest absolute Gasteiger partial charge is 0.308 e. The molecule has 4 rings (SSSR count). The lowest BCUT2D eigenvalue weighted by atomic mass is 10.2. The number of carbonyl (C=O) groups excluding carboxylic acids is 1. The second kappa shape index (κ2) is 7.75. The fraction of sp³-hybridized carbons (Fsp3) is 0.368. The van der Waals surface area contributed by atoms with Crippen LogP contribution in [0.25, 0.3) is 5.78 Å². The number of carbonyl (C=O) groups is 1. The molecule has 1 aromatic carbocycles. The number of sulfone groups is 1. The van der Waals surface area contributed by atoms with Crippen molar-refractivity contribution in [1.29, 1.82) is 0 Å². The Hall–Kier alpha value is -2.46. The van der Waals surface area contributed by atoms with E-state index in [2.05, 4.69) is 15.2 Å². The molecule has 1 aliphatic heterocycles. The molecule has 8 nitrogen and oxygen atoms in total. The van der Waals surface area contributed by atoms with Gasteiger partial charge in [0.25, 0.3) is 5.78 Å². The Kier molecular flexibility index (Phi) is 5.30. The van der Waals surface area contributed by atoms with E-state index in [1.165, 1.54) is 11.8 Å². The molecule has 3 heterocycles. The Morgan fingerprint density at radius 2 is 2.00 bits per heavy atom. The summed E-state index contributed by atoms with van der Waals surface area (Å²) in [4.78, 5) is 19.1. The summed E-state index contributed by atoms with van der Waals surface area (Å²) in [6.07, 6.45) is 0.448. The monoisotopic (exact) mass is 431 g/mol. The minimum absolute atomic E-state index is 0.00549. The minimum Gasteiger partial charge on any atom is -0.308 e. The summed E-state index contributed by atoms with van der Waals surface area (Å²) in [7, 11) is -3.11. The van der Waals surface area contributed by atoms with Crippen LogP contribution in [-0.2, 0) is 14.6 Å². The average molecular weight is 432 g/mol. The highest BCUT2D eigenvalue weighted by Crippen LogP contribution is 2.27. The summed E-state index contributed by atoms with van der Waals surface area (Å²) >= 11 is 1.28. The van der Waals surface area contributed by atoms with Crippen LogP contribution >= 0.6 is 11.8 Å². The third-order valence-electron chi connectivity index (χ3n) is 4.86. The van der Waals surface area contributed by atoms with Crippen LogP contribution < -0.4 is 4.90 Å². The molecule has 1 fully saturated rings. The fourth-order valence-corrected chi connectivity index (χ4v) is 6.16. The lowest BCUT2D eigenvalue weighted by Crippen LogP contribution is -2.42. The third-order valence-corrected chi connectivity index (χ3v) is 7.53. The quantitative estimate of drug-likeness (QED) is 0.570. The summed E-state index contributed by atoms with van der Waals surface area (Å²) in [6.45, 7) is 3.84. The van der Waals surface area contributed by atoms with Gasteiger partial charge in [-0.25, -0.2) is 13.4 Å². The third kappa shape index (κ3) is 4.13. The van der Waals surface area contributed by atoms with Gasteiger partial charge in [-0.3, -0.25) is 9.20 Å². The van der Waals surface area contributed by atoms with Crippen LogP contribution in [0.4, 0.5) is 5.69 Å². The molecule has 1 aliphatic rings. The summed E-state index contributed by atoms with van der Waals surface area (Å²) in [6, 6.07) is 10.8. The molecule has 0 aliphatic carbocycles. The zero-order valence-corrected chi connectivity index (χ0v) is 17.8. The van der Waals surface area contributed by atoms with E-state index in [1.54, 1.807) is 4.90 Å². The molecule has 1 atom stereocenters. The molecule has 1 saturated heterocycles. The number of aryl methyl sites for hydroxylation is 2. The van der Waals surface area contributed by atoms with Crippen molar-refractivity contribution in [2.24, 2.45) is 0 Å². The standard InChI is InChI=1S/C19H21N5O3S2/c1-13-10-14(2)23-18(20-13)21-22-19(23)28-11-17(25)24(15-6-4-3-5-7-15)16-8-9-29(26,27)12-16/h3-7,10,16H,8-9,11-12H2,1-2H3. The fourth-order valence-electron chi connectivity index (χ4n) is 3.62. The maximum atomic E-state index is 13.1. The van der Waals surface area contributed by atoms with Crippen LogP contribution in [0, 0.1) is 13.8 Å². The summed E-state index contributed by atoms with van der Waals surface area (Å²) in [5.74, 6) is 0.575. The zero-order valence-electron chi connectivity index (χ0n) is 16.1. The van der Waals surface area contributed by atoms with E-state index in [0.717, 1.165) is 11.4 Å². The summed E-state index contributed by atoms with van der Waals surface area (Å²) in [5.41, 5.74) is 2.50. The number of hydrogen-bond donors (Lipinski definition) is 0. The van der Waals surface area contributed by atoms with Gasteiger partial charge in [0, 0.05) is 17.1 Å². The predicted molar refractivity (Wildman–Crippen MR) is 112 cm³/mol. The average Bonchev–Trinajstić information content (AvgIpc) is 3.24.